The first kappa shape index (κ1) is 9.66. The second-order valence-electron chi connectivity index (χ2n) is 2.44. The second-order valence-corrected chi connectivity index (χ2v) is 2.44. The van der Waals surface area contributed by atoms with Crippen molar-refractivity contribution in [3.8, 4) is 0 Å². The van der Waals surface area contributed by atoms with Gasteiger partial charge in [-0.05, 0) is 26.3 Å². The van der Waals surface area contributed by atoms with Gasteiger partial charge in [0.15, 0.2) is 0 Å². The predicted octanol–water partition coefficient (Wildman–Crippen LogP) is 0.923. The van der Waals surface area contributed by atoms with E-state index in [0.29, 0.717) is 6.04 Å². The molecule has 1 unspecified atom stereocenters. The molecule has 10 heavy (non-hydrogen) atoms. The van der Waals surface area contributed by atoms with Gasteiger partial charge in [-0.1, -0.05) is 6.08 Å². The van der Waals surface area contributed by atoms with Crippen molar-refractivity contribution in [2.75, 3.05) is 13.2 Å². The SMILES string of the molecule is C=CCCNC(C)CCO. The fourth-order valence-electron chi connectivity index (χ4n) is 0.728. The van der Waals surface area contributed by atoms with Gasteiger partial charge in [0.1, 0.15) is 0 Å². The van der Waals surface area contributed by atoms with Gasteiger partial charge in [0.2, 0.25) is 0 Å². The van der Waals surface area contributed by atoms with Gasteiger partial charge in [0.05, 0.1) is 0 Å². The lowest BCUT2D eigenvalue weighted by Gasteiger charge is -2.10. The van der Waals surface area contributed by atoms with E-state index in [0.717, 1.165) is 19.4 Å². The van der Waals surface area contributed by atoms with Crippen LogP contribution in [0.5, 0.6) is 0 Å². The zero-order valence-electron chi connectivity index (χ0n) is 6.64. The van der Waals surface area contributed by atoms with E-state index >= 15 is 0 Å². The van der Waals surface area contributed by atoms with Crippen molar-refractivity contribution in [3.05, 3.63) is 12.7 Å². The minimum atomic E-state index is 0.266. The molecule has 0 amide bonds. The Bertz CT molecular complexity index is 83.3. The molecule has 0 saturated carbocycles. The molecule has 0 aromatic rings. The largest absolute Gasteiger partial charge is 0.396 e. The van der Waals surface area contributed by atoms with Crippen LogP contribution in [-0.2, 0) is 0 Å². The minimum absolute atomic E-state index is 0.266. The number of aliphatic hydroxyl groups excluding tert-OH is 1. The maximum Gasteiger partial charge on any atom is 0.0445 e. The van der Waals surface area contributed by atoms with Crippen molar-refractivity contribution in [3.63, 3.8) is 0 Å². The van der Waals surface area contributed by atoms with E-state index in [2.05, 4.69) is 18.8 Å². The van der Waals surface area contributed by atoms with Gasteiger partial charge >= 0.3 is 0 Å². The van der Waals surface area contributed by atoms with Crippen molar-refractivity contribution >= 4 is 0 Å². The third-order valence-corrected chi connectivity index (χ3v) is 1.40. The zero-order valence-corrected chi connectivity index (χ0v) is 6.64. The molecule has 0 fully saturated rings. The van der Waals surface area contributed by atoms with Crippen molar-refractivity contribution in [1.82, 2.24) is 5.32 Å². The van der Waals surface area contributed by atoms with Crippen LogP contribution < -0.4 is 5.32 Å². The fraction of sp³-hybridized carbons (Fsp3) is 0.750. The third-order valence-electron chi connectivity index (χ3n) is 1.40. The highest BCUT2D eigenvalue weighted by Gasteiger charge is 1.96. The number of aliphatic hydroxyl groups is 1. The van der Waals surface area contributed by atoms with Gasteiger partial charge < -0.3 is 10.4 Å². The summed E-state index contributed by atoms with van der Waals surface area (Å²) in [6.45, 7) is 6.91. The molecule has 0 saturated heterocycles. The van der Waals surface area contributed by atoms with E-state index < -0.39 is 0 Å². The van der Waals surface area contributed by atoms with Gasteiger partial charge in [-0.2, -0.15) is 0 Å². The molecule has 2 nitrogen and oxygen atoms in total. The standard InChI is InChI=1S/C8H17NO/c1-3-4-6-9-8(2)5-7-10/h3,8-10H,1,4-7H2,2H3. The van der Waals surface area contributed by atoms with Crippen LogP contribution >= 0.6 is 0 Å². The summed E-state index contributed by atoms with van der Waals surface area (Å²) in [6, 6.07) is 0.421. The van der Waals surface area contributed by atoms with Crippen molar-refractivity contribution < 1.29 is 5.11 Å². The average Bonchev–Trinajstić information content (AvgIpc) is 1.89. The van der Waals surface area contributed by atoms with Crippen LogP contribution in [-0.4, -0.2) is 24.3 Å². The molecule has 0 spiro atoms. The van der Waals surface area contributed by atoms with E-state index in [9.17, 15) is 0 Å². The Hall–Kier alpha value is -0.340. The van der Waals surface area contributed by atoms with Crippen LogP contribution in [0.4, 0.5) is 0 Å². The Morgan fingerprint density at radius 3 is 2.90 bits per heavy atom. The van der Waals surface area contributed by atoms with Crippen LogP contribution in [0.2, 0.25) is 0 Å². The first-order valence-electron chi connectivity index (χ1n) is 3.76. The quantitative estimate of drug-likeness (QED) is 0.428. The summed E-state index contributed by atoms with van der Waals surface area (Å²) in [4.78, 5) is 0. The van der Waals surface area contributed by atoms with Crippen LogP contribution in [0, 0.1) is 0 Å². The molecular formula is C8H17NO. The molecule has 2 N–H and O–H groups in total. The number of rotatable bonds is 6. The Kier molecular flexibility index (Phi) is 6.55. The lowest BCUT2D eigenvalue weighted by atomic mass is 10.2. The summed E-state index contributed by atoms with van der Waals surface area (Å²) in [6.07, 6.45) is 3.71. The first-order chi connectivity index (χ1) is 4.81. The molecule has 2 heteroatoms. The second kappa shape index (κ2) is 6.78. The lowest BCUT2D eigenvalue weighted by Crippen LogP contribution is -2.27. The van der Waals surface area contributed by atoms with Gasteiger partial charge in [-0.15, -0.1) is 6.58 Å². The molecule has 0 aromatic heterocycles. The van der Waals surface area contributed by atoms with Crippen LogP contribution in [0.15, 0.2) is 12.7 Å². The highest BCUT2D eigenvalue weighted by atomic mass is 16.3. The number of hydrogen-bond donors (Lipinski definition) is 2. The lowest BCUT2D eigenvalue weighted by molar-refractivity contribution is 0.269. The van der Waals surface area contributed by atoms with Gasteiger partial charge in [0, 0.05) is 12.6 Å². The first-order valence-corrected chi connectivity index (χ1v) is 3.76. The van der Waals surface area contributed by atoms with E-state index in [-0.39, 0.29) is 6.61 Å². The Balaban J connectivity index is 3.04. The molecule has 0 rings (SSSR count). The van der Waals surface area contributed by atoms with Crippen LogP contribution in [0.25, 0.3) is 0 Å². The van der Waals surface area contributed by atoms with Crippen LogP contribution in [0.3, 0.4) is 0 Å². The number of hydrogen-bond acceptors (Lipinski definition) is 2. The molecule has 0 aliphatic carbocycles. The molecule has 1 atom stereocenters. The van der Waals surface area contributed by atoms with E-state index in [1.165, 1.54) is 0 Å². The Morgan fingerprint density at radius 1 is 1.70 bits per heavy atom. The van der Waals surface area contributed by atoms with Crippen molar-refractivity contribution in [2.24, 2.45) is 0 Å². The van der Waals surface area contributed by atoms with Gasteiger partial charge in [-0.25, -0.2) is 0 Å². The minimum Gasteiger partial charge on any atom is -0.396 e. The molecule has 0 radical (unpaired) electrons. The average molecular weight is 143 g/mol. The molecule has 0 aliphatic rings. The maximum atomic E-state index is 8.53. The summed E-state index contributed by atoms with van der Waals surface area (Å²) in [5.41, 5.74) is 0. The van der Waals surface area contributed by atoms with Gasteiger partial charge in [-0.3, -0.25) is 0 Å². The highest BCUT2D eigenvalue weighted by molar-refractivity contribution is 4.69. The van der Waals surface area contributed by atoms with Crippen LogP contribution in [0.1, 0.15) is 19.8 Å². The Morgan fingerprint density at radius 2 is 2.40 bits per heavy atom. The highest BCUT2D eigenvalue weighted by Crippen LogP contribution is 1.88. The van der Waals surface area contributed by atoms with E-state index in [1.54, 1.807) is 0 Å². The summed E-state index contributed by atoms with van der Waals surface area (Å²) in [7, 11) is 0. The summed E-state index contributed by atoms with van der Waals surface area (Å²) in [5.74, 6) is 0. The van der Waals surface area contributed by atoms with E-state index in [4.69, 9.17) is 5.11 Å². The maximum absolute atomic E-state index is 8.53. The predicted molar refractivity (Wildman–Crippen MR) is 44.0 cm³/mol. The summed E-state index contributed by atoms with van der Waals surface area (Å²) < 4.78 is 0. The van der Waals surface area contributed by atoms with Crippen molar-refractivity contribution in [1.29, 1.82) is 0 Å². The summed E-state index contributed by atoms with van der Waals surface area (Å²) in [5, 5.41) is 11.8. The van der Waals surface area contributed by atoms with Gasteiger partial charge in [0.25, 0.3) is 0 Å². The Labute approximate surface area is 62.9 Å². The topological polar surface area (TPSA) is 32.3 Å². The smallest absolute Gasteiger partial charge is 0.0445 e. The molecule has 0 aromatic carbocycles. The number of nitrogens with one attached hydrogen (secondary N) is 1. The molecular weight excluding hydrogens is 126 g/mol. The monoisotopic (exact) mass is 143 g/mol. The van der Waals surface area contributed by atoms with Crippen molar-refractivity contribution in [2.45, 2.75) is 25.8 Å². The third kappa shape index (κ3) is 5.79. The molecule has 0 bridgehead atoms. The van der Waals surface area contributed by atoms with E-state index in [1.807, 2.05) is 6.08 Å². The zero-order chi connectivity index (χ0) is 7.82. The fourth-order valence-corrected chi connectivity index (χ4v) is 0.728. The molecule has 0 heterocycles. The normalized spacial score (nSPS) is 13.0. The summed E-state index contributed by atoms with van der Waals surface area (Å²) >= 11 is 0. The molecule has 0 aliphatic heterocycles. The molecule has 60 valence electrons.